The second-order valence-corrected chi connectivity index (χ2v) is 4.97. The highest BCUT2D eigenvalue weighted by Gasteiger charge is 2.22. The maximum atomic E-state index is 3.43. The first kappa shape index (κ1) is 13.6. The zero-order valence-corrected chi connectivity index (χ0v) is 11.6. The van der Waals surface area contributed by atoms with Gasteiger partial charge >= 0.3 is 0 Å². The summed E-state index contributed by atoms with van der Waals surface area (Å²) < 4.78 is 0. The first-order valence-electron chi connectivity index (χ1n) is 6.71. The van der Waals surface area contributed by atoms with Crippen molar-refractivity contribution in [3.63, 3.8) is 0 Å². The van der Waals surface area contributed by atoms with Gasteiger partial charge in [0.05, 0.1) is 0 Å². The molecule has 19 heavy (non-hydrogen) atoms. The summed E-state index contributed by atoms with van der Waals surface area (Å²) in [4.78, 5) is 0. The molecule has 0 aliphatic rings. The van der Waals surface area contributed by atoms with Gasteiger partial charge in [0.2, 0.25) is 0 Å². The largest absolute Gasteiger partial charge is 0.310 e. The van der Waals surface area contributed by atoms with Crippen LogP contribution in [0.15, 0.2) is 66.7 Å². The molecule has 0 radical (unpaired) electrons. The van der Waals surface area contributed by atoms with Gasteiger partial charge in [-0.15, -0.1) is 0 Å². The zero-order valence-electron chi connectivity index (χ0n) is 11.6. The zero-order chi connectivity index (χ0) is 13.6. The van der Waals surface area contributed by atoms with E-state index in [1.54, 1.807) is 0 Å². The SMILES string of the molecule is CNC(C)(C/C=C/c1ccccc1)c1ccccc1. The second kappa shape index (κ2) is 6.35. The van der Waals surface area contributed by atoms with E-state index < -0.39 is 0 Å². The quantitative estimate of drug-likeness (QED) is 0.838. The van der Waals surface area contributed by atoms with Gasteiger partial charge < -0.3 is 5.32 Å². The molecular formula is C18H21N. The number of benzene rings is 2. The number of rotatable bonds is 5. The van der Waals surface area contributed by atoms with Crippen molar-refractivity contribution in [2.24, 2.45) is 0 Å². The van der Waals surface area contributed by atoms with Gasteiger partial charge in [0.15, 0.2) is 0 Å². The van der Waals surface area contributed by atoms with E-state index in [0.717, 1.165) is 6.42 Å². The van der Waals surface area contributed by atoms with Gasteiger partial charge in [-0.1, -0.05) is 72.8 Å². The van der Waals surface area contributed by atoms with Crippen LogP contribution in [0.2, 0.25) is 0 Å². The molecule has 98 valence electrons. The maximum absolute atomic E-state index is 3.43. The lowest BCUT2D eigenvalue weighted by Crippen LogP contribution is -2.36. The third-order valence-corrected chi connectivity index (χ3v) is 3.60. The Hall–Kier alpha value is -1.86. The summed E-state index contributed by atoms with van der Waals surface area (Å²) in [6.07, 6.45) is 5.37. The molecule has 0 aliphatic heterocycles. The number of nitrogens with one attached hydrogen (secondary N) is 1. The molecule has 0 bridgehead atoms. The van der Waals surface area contributed by atoms with E-state index in [1.165, 1.54) is 11.1 Å². The molecule has 0 amide bonds. The highest BCUT2D eigenvalue weighted by molar-refractivity contribution is 5.49. The number of hydrogen-bond donors (Lipinski definition) is 1. The van der Waals surface area contributed by atoms with Crippen LogP contribution in [-0.4, -0.2) is 7.05 Å². The fourth-order valence-corrected chi connectivity index (χ4v) is 2.17. The molecule has 1 atom stereocenters. The molecule has 1 heteroatoms. The molecule has 0 spiro atoms. The van der Waals surface area contributed by atoms with Crippen LogP contribution in [0, 0.1) is 0 Å². The average molecular weight is 251 g/mol. The highest BCUT2D eigenvalue weighted by Crippen LogP contribution is 2.24. The third-order valence-electron chi connectivity index (χ3n) is 3.60. The van der Waals surface area contributed by atoms with Gasteiger partial charge in [0.1, 0.15) is 0 Å². The van der Waals surface area contributed by atoms with Crippen molar-refractivity contribution in [1.82, 2.24) is 5.32 Å². The summed E-state index contributed by atoms with van der Waals surface area (Å²) in [6.45, 7) is 2.23. The Morgan fingerprint density at radius 2 is 1.53 bits per heavy atom. The molecule has 1 N–H and O–H groups in total. The second-order valence-electron chi connectivity index (χ2n) is 4.97. The van der Waals surface area contributed by atoms with Gasteiger partial charge in [-0.25, -0.2) is 0 Å². The van der Waals surface area contributed by atoms with Gasteiger partial charge in [-0.2, -0.15) is 0 Å². The predicted octanol–water partition coefficient (Wildman–Crippen LogP) is 4.22. The van der Waals surface area contributed by atoms with Gasteiger partial charge in [-0.05, 0) is 31.5 Å². The summed E-state index contributed by atoms with van der Waals surface area (Å²) in [5.41, 5.74) is 2.54. The summed E-state index contributed by atoms with van der Waals surface area (Å²) in [5, 5.41) is 3.43. The standard InChI is InChI=1S/C18H21N/c1-18(19-2,17-13-7-4-8-14-17)15-9-12-16-10-5-3-6-11-16/h3-14,19H,15H2,1-2H3/b12-9+. The van der Waals surface area contributed by atoms with Crippen LogP contribution >= 0.6 is 0 Å². The molecule has 0 aromatic heterocycles. The van der Waals surface area contributed by atoms with Crippen LogP contribution in [0.4, 0.5) is 0 Å². The predicted molar refractivity (Wildman–Crippen MR) is 82.9 cm³/mol. The van der Waals surface area contributed by atoms with E-state index in [-0.39, 0.29) is 5.54 Å². The van der Waals surface area contributed by atoms with Crippen LogP contribution in [0.5, 0.6) is 0 Å². The van der Waals surface area contributed by atoms with Crippen molar-refractivity contribution in [2.75, 3.05) is 7.05 Å². The Morgan fingerprint density at radius 1 is 0.947 bits per heavy atom. The van der Waals surface area contributed by atoms with Crippen molar-refractivity contribution in [3.8, 4) is 0 Å². The summed E-state index contributed by atoms with van der Waals surface area (Å²) >= 11 is 0. The van der Waals surface area contributed by atoms with E-state index in [9.17, 15) is 0 Å². The lowest BCUT2D eigenvalue weighted by atomic mass is 9.88. The Morgan fingerprint density at radius 3 is 2.11 bits per heavy atom. The molecule has 0 heterocycles. The Balaban J connectivity index is 2.10. The Labute approximate surface area is 116 Å². The van der Waals surface area contributed by atoms with E-state index in [4.69, 9.17) is 0 Å². The van der Waals surface area contributed by atoms with Gasteiger partial charge in [0.25, 0.3) is 0 Å². The summed E-state index contributed by atoms with van der Waals surface area (Å²) in [6, 6.07) is 21.0. The topological polar surface area (TPSA) is 12.0 Å². The first-order valence-corrected chi connectivity index (χ1v) is 6.71. The van der Waals surface area contributed by atoms with Crippen LogP contribution in [0.3, 0.4) is 0 Å². The summed E-state index contributed by atoms with van der Waals surface area (Å²) in [7, 11) is 2.02. The fourth-order valence-electron chi connectivity index (χ4n) is 2.17. The minimum Gasteiger partial charge on any atom is -0.310 e. The fraction of sp³-hybridized carbons (Fsp3) is 0.222. The smallest absolute Gasteiger partial charge is 0.0438 e. The molecule has 0 saturated heterocycles. The van der Waals surface area contributed by atoms with Crippen LogP contribution in [0.1, 0.15) is 24.5 Å². The molecule has 2 aromatic rings. The number of hydrogen-bond acceptors (Lipinski definition) is 1. The van der Waals surface area contributed by atoms with Crippen molar-refractivity contribution in [3.05, 3.63) is 77.9 Å². The lowest BCUT2D eigenvalue weighted by molar-refractivity contribution is 0.405. The lowest BCUT2D eigenvalue weighted by Gasteiger charge is -2.28. The van der Waals surface area contributed by atoms with E-state index in [0.29, 0.717) is 0 Å². The minimum atomic E-state index is -0.0213. The minimum absolute atomic E-state index is 0.0213. The van der Waals surface area contributed by atoms with Gasteiger partial charge in [0, 0.05) is 5.54 Å². The first-order chi connectivity index (χ1) is 9.24. The average Bonchev–Trinajstić information content (AvgIpc) is 2.49. The molecule has 1 nitrogen and oxygen atoms in total. The molecule has 0 fully saturated rings. The molecule has 0 saturated carbocycles. The molecule has 2 aromatic carbocycles. The van der Waals surface area contributed by atoms with Crippen LogP contribution < -0.4 is 5.32 Å². The Kier molecular flexibility index (Phi) is 4.53. The summed E-state index contributed by atoms with van der Waals surface area (Å²) in [5.74, 6) is 0. The van der Waals surface area contributed by atoms with E-state index in [1.807, 2.05) is 13.1 Å². The van der Waals surface area contributed by atoms with Gasteiger partial charge in [-0.3, -0.25) is 0 Å². The molecule has 0 aliphatic carbocycles. The van der Waals surface area contributed by atoms with E-state index >= 15 is 0 Å². The monoisotopic (exact) mass is 251 g/mol. The van der Waals surface area contributed by atoms with E-state index in [2.05, 4.69) is 79.0 Å². The molecule has 1 unspecified atom stereocenters. The molecule has 2 rings (SSSR count). The molecular weight excluding hydrogens is 230 g/mol. The highest BCUT2D eigenvalue weighted by atomic mass is 14.9. The Bertz CT molecular complexity index is 516. The maximum Gasteiger partial charge on any atom is 0.0438 e. The van der Waals surface area contributed by atoms with Crippen molar-refractivity contribution >= 4 is 6.08 Å². The third kappa shape index (κ3) is 3.55. The van der Waals surface area contributed by atoms with Crippen molar-refractivity contribution in [2.45, 2.75) is 18.9 Å². The van der Waals surface area contributed by atoms with Crippen molar-refractivity contribution in [1.29, 1.82) is 0 Å². The van der Waals surface area contributed by atoms with Crippen molar-refractivity contribution < 1.29 is 0 Å². The normalized spacial score (nSPS) is 14.4. The van der Waals surface area contributed by atoms with Crippen LogP contribution in [0.25, 0.3) is 6.08 Å². The van der Waals surface area contributed by atoms with Crippen LogP contribution in [-0.2, 0) is 5.54 Å².